The summed E-state index contributed by atoms with van der Waals surface area (Å²) in [6, 6.07) is 17.9. The maximum absolute atomic E-state index is 12.8. The lowest BCUT2D eigenvalue weighted by Gasteiger charge is -2.14. The van der Waals surface area contributed by atoms with Crippen molar-refractivity contribution in [3.8, 4) is 5.75 Å². The highest BCUT2D eigenvalue weighted by molar-refractivity contribution is 6.10. The van der Waals surface area contributed by atoms with Crippen LogP contribution < -0.4 is 20.3 Å². The van der Waals surface area contributed by atoms with Crippen LogP contribution in [0, 0.1) is 6.92 Å². The summed E-state index contributed by atoms with van der Waals surface area (Å²) in [6.45, 7) is 5.23. The van der Waals surface area contributed by atoms with E-state index >= 15 is 0 Å². The molecule has 162 valence electrons. The molecule has 0 fully saturated rings. The van der Waals surface area contributed by atoms with Crippen molar-refractivity contribution in [2.75, 3.05) is 30.8 Å². The van der Waals surface area contributed by atoms with Gasteiger partial charge in [0.15, 0.2) is 12.3 Å². The summed E-state index contributed by atoms with van der Waals surface area (Å²) in [6.07, 6.45) is 0. The molecule has 3 rings (SSSR count). The van der Waals surface area contributed by atoms with E-state index < -0.39 is 0 Å². The van der Waals surface area contributed by atoms with E-state index in [1.54, 1.807) is 48.5 Å². The summed E-state index contributed by atoms with van der Waals surface area (Å²) >= 11 is 0. The number of carbonyl (C=O) groups excluding carboxylic acids is 2. The molecule has 7 heteroatoms. The topological polar surface area (TPSA) is 85.0 Å². The molecule has 0 saturated carbocycles. The third-order valence-corrected chi connectivity index (χ3v) is 4.60. The van der Waals surface area contributed by atoms with Gasteiger partial charge in [0.2, 0.25) is 0 Å². The lowest BCUT2D eigenvalue weighted by atomic mass is 10.1. The highest BCUT2D eigenvalue weighted by atomic mass is 16.5. The van der Waals surface area contributed by atoms with E-state index in [0.29, 0.717) is 30.1 Å². The lowest BCUT2D eigenvalue weighted by molar-refractivity contribution is -0.886. The molecule has 3 aromatic rings. The summed E-state index contributed by atoms with van der Waals surface area (Å²) in [7, 11) is 1.92. The molecule has 0 radical (unpaired) electrons. The number of likely N-dealkylation sites (N-methyl/N-ethyl adjacent to an activating group) is 1. The van der Waals surface area contributed by atoms with Gasteiger partial charge in [-0.05, 0) is 62.4 Å². The fourth-order valence-electron chi connectivity index (χ4n) is 3.20. The molecule has 1 unspecified atom stereocenters. The summed E-state index contributed by atoms with van der Waals surface area (Å²) in [5.74, 6) is 1.94. The highest BCUT2D eigenvalue weighted by Gasteiger charge is 2.17. The average molecular weight is 423 g/mol. The number of anilines is 2. The number of aryl methyl sites for hydroxylation is 1. The third-order valence-electron chi connectivity index (χ3n) is 4.60. The first-order valence-corrected chi connectivity index (χ1v) is 10.2. The van der Waals surface area contributed by atoms with Gasteiger partial charge in [0.1, 0.15) is 18.1 Å². The monoisotopic (exact) mass is 422 g/mol. The standard InChI is InChI=1S/C24H27N3O4/c1-4-30-19-13-10-18(11-14-19)25-24(29)21-7-5-6-8-22(21)26-23(28)16-27(3)15-20-12-9-17(2)31-20/h5-14H,4,15-16H2,1-3H3,(H,25,29)(H,26,28)/p+1. The predicted octanol–water partition coefficient (Wildman–Crippen LogP) is 2.89. The number of quaternary nitrogens is 1. The van der Waals surface area contributed by atoms with Gasteiger partial charge in [0.25, 0.3) is 11.8 Å². The summed E-state index contributed by atoms with van der Waals surface area (Å²) in [4.78, 5) is 26.3. The summed E-state index contributed by atoms with van der Waals surface area (Å²) < 4.78 is 11.0. The predicted molar refractivity (Wildman–Crippen MR) is 120 cm³/mol. The Kier molecular flexibility index (Phi) is 7.45. The average Bonchev–Trinajstić information content (AvgIpc) is 3.14. The van der Waals surface area contributed by atoms with E-state index in [0.717, 1.165) is 22.2 Å². The Bertz CT molecular complexity index is 1030. The number of ether oxygens (including phenoxy) is 1. The second-order valence-electron chi connectivity index (χ2n) is 7.33. The van der Waals surface area contributed by atoms with Crippen molar-refractivity contribution >= 4 is 23.2 Å². The summed E-state index contributed by atoms with van der Waals surface area (Å²) in [5.41, 5.74) is 1.51. The highest BCUT2D eigenvalue weighted by Crippen LogP contribution is 2.19. The van der Waals surface area contributed by atoms with E-state index in [2.05, 4.69) is 10.6 Å². The van der Waals surface area contributed by atoms with Gasteiger partial charge in [-0.2, -0.15) is 0 Å². The van der Waals surface area contributed by atoms with Gasteiger partial charge in [-0.25, -0.2) is 0 Å². The van der Waals surface area contributed by atoms with Gasteiger partial charge >= 0.3 is 0 Å². The van der Waals surface area contributed by atoms with Gasteiger partial charge in [0, 0.05) is 5.69 Å². The zero-order valence-corrected chi connectivity index (χ0v) is 18.0. The Labute approximate surface area is 182 Å². The molecular formula is C24H28N3O4+. The van der Waals surface area contributed by atoms with Gasteiger partial charge in [-0.3, -0.25) is 9.59 Å². The largest absolute Gasteiger partial charge is 0.494 e. The van der Waals surface area contributed by atoms with Crippen molar-refractivity contribution in [2.24, 2.45) is 0 Å². The van der Waals surface area contributed by atoms with Crippen LogP contribution >= 0.6 is 0 Å². The number of rotatable bonds is 9. The number of furan rings is 1. The molecule has 1 atom stereocenters. The van der Waals surface area contributed by atoms with Crippen LogP contribution in [0.5, 0.6) is 5.75 Å². The van der Waals surface area contributed by atoms with Crippen LogP contribution in [-0.4, -0.2) is 32.0 Å². The van der Waals surface area contributed by atoms with Crippen molar-refractivity contribution in [3.05, 3.63) is 77.7 Å². The molecule has 0 aliphatic carbocycles. The minimum atomic E-state index is -0.299. The molecule has 0 saturated heterocycles. The fourth-order valence-corrected chi connectivity index (χ4v) is 3.20. The molecule has 0 spiro atoms. The number of para-hydroxylation sites is 1. The van der Waals surface area contributed by atoms with Crippen LogP contribution in [0.15, 0.2) is 65.1 Å². The smallest absolute Gasteiger partial charge is 0.279 e. The first-order valence-electron chi connectivity index (χ1n) is 10.2. The molecule has 1 heterocycles. The van der Waals surface area contributed by atoms with Gasteiger partial charge in [0.05, 0.1) is 24.9 Å². The van der Waals surface area contributed by atoms with E-state index in [1.807, 2.05) is 33.0 Å². The zero-order chi connectivity index (χ0) is 22.2. The van der Waals surface area contributed by atoms with Crippen molar-refractivity contribution in [3.63, 3.8) is 0 Å². The number of benzene rings is 2. The van der Waals surface area contributed by atoms with Crippen LogP contribution in [-0.2, 0) is 11.3 Å². The molecule has 31 heavy (non-hydrogen) atoms. The number of carbonyl (C=O) groups is 2. The first-order chi connectivity index (χ1) is 14.9. The minimum Gasteiger partial charge on any atom is -0.494 e. The lowest BCUT2D eigenvalue weighted by Crippen LogP contribution is -3.08. The maximum atomic E-state index is 12.8. The molecule has 2 amide bonds. The fraction of sp³-hybridized carbons (Fsp3) is 0.250. The third kappa shape index (κ3) is 6.45. The van der Waals surface area contributed by atoms with Gasteiger partial charge < -0.3 is 24.7 Å². The van der Waals surface area contributed by atoms with Crippen molar-refractivity contribution in [1.29, 1.82) is 0 Å². The van der Waals surface area contributed by atoms with Crippen LogP contribution in [0.3, 0.4) is 0 Å². The van der Waals surface area contributed by atoms with Crippen LogP contribution in [0.1, 0.15) is 28.8 Å². The normalized spacial score (nSPS) is 11.6. The molecule has 7 nitrogen and oxygen atoms in total. The maximum Gasteiger partial charge on any atom is 0.279 e. The van der Waals surface area contributed by atoms with Crippen molar-refractivity contribution in [2.45, 2.75) is 20.4 Å². The molecular weight excluding hydrogens is 394 g/mol. The molecule has 0 bridgehead atoms. The van der Waals surface area contributed by atoms with Crippen LogP contribution in [0.2, 0.25) is 0 Å². The Morgan fingerprint density at radius 2 is 1.74 bits per heavy atom. The first kappa shape index (κ1) is 22.1. The SMILES string of the molecule is CCOc1ccc(NC(=O)c2ccccc2NC(=O)C[NH+](C)Cc2ccc(C)o2)cc1. The minimum absolute atomic E-state index is 0.179. The molecule has 0 aliphatic heterocycles. The number of hydrogen-bond acceptors (Lipinski definition) is 4. The Balaban J connectivity index is 1.61. The number of nitrogens with one attached hydrogen (secondary N) is 3. The van der Waals surface area contributed by atoms with E-state index in [4.69, 9.17) is 9.15 Å². The van der Waals surface area contributed by atoms with Crippen LogP contribution in [0.4, 0.5) is 11.4 Å². The zero-order valence-electron chi connectivity index (χ0n) is 18.0. The molecule has 3 N–H and O–H groups in total. The van der Waals surface area contributed by atoms with E-state index in [9.17, 15) is 9.59 Å². The molecule has 1 aromatic heterocycles. The Morgan fingerprint density at radius 3 is 2.42 bits per heavy atom. The van der Waals surface area contributed by atoms with E-state index in [1.165, 1.54) is 0 Å². The second kappa shape index (κ2) is 10.4. The quantitative estimate of drug-likeness (QED) is 0.495. The number of amides is 2. The molecule has 0 aliphatic rings. The Morgan fingerprint density at radius 1 is 1.00 bits per heavy atom. The van der Waals surface area contributed by atoms with Crippen molar-refractivity contribution in [1.82, 2.24) is 0 Å². The number of hydrogen-bond donors (Lipinski definition) is 3. The Hall–Kier alpha value is -3.58. The second-order valence-corrected chi connectivity index (χ2v) is 7.33. The van der Waals surface area contributed by atoms with E-state index in [-0.39, 0.29) is 18.4 Å². The van der Waals surface area contributed by atoms with Gasteiger partial charge in [-0.15, -0.1) is 0 Å². The van der Waals surface area contributed by atoms with Crippen LogP contribution in [0.25, 0.3) is 0 Å². The summed E-state index contributed by atoms with van der Waals surface area (Å²) in [5, 5.41) is 5.71. The van der Waals surface area contributed by atoms with Crippen molar-refractivity contribution < 1.29 is 23.6 Å². The van der Waals surface area contributed by atoms with Gasteiger partial charge in [-0.1, -0.05) is 12.1 Å². The molecule has 2 aromatic carbocycles.